The fraction of sp³-hybridized carbons (Fsp3) is 0.385. The van der Waals surface area contributed by atoms with E-state index in [0.29, 0.717) is 6.42 Å². The largest absolute Gasteiger partial charge is 0.480 e. The molecule has 0 aromatic heterocycles. The number of carbonyl (C=O) groups is 2. The highest BCUT2D eigenvalue weighted by atomic mass is 19.1. The third kappa shape index (κ3) is 3.29. The molecular weight excluding hydrogens is 237 g/mol. The Kier molecular flexibility index (Phi) is 4.83. The number of likely N-dealkylation sites (N-methyl/N-ethyl adjacent to an activating group) is 1. The number of benzene rings is 1. The van der Waals surface area contributed by atoms with Crippen LogP contribution in [-0.4, -0.2) is 35.0 Å². The first kappa shape index (κ1) is 14.2. The molecule has 0 heterocycles. The maximum absolute atomic E-state index is 13.4. The summed E-state index contributed by atoms with van der Waals surface area (Å²) in [5.74, 6) is -1.92. The van der Waals surface area contributed by atoms with Crippen molar-refractivity contribution in [3.8, 4) is 0 Å². The molecule has 0 saturated heterocycles. The summed E-state index contributed by atoms with van der Waals surface area (Å²) in [6.07, 6.45) is 0.182. The summed E-state index contributed by atoms with van der Waals surface area (Å²) >= 11 is 0. The summed E-state index contributed by atoms with van der Waals surface area (Å²) in [7, 11) is 1.42. The average Bonchev–Trinajstić information content (AvgIpc) is 2.32. The van der Waals surface area contributed by atoms with Gasteiger partial charge in [0.15, 0.2) is 0 Å². The number of carbonyl (C=O) groups excluding carboxylic acids is 1. The summed E-state index contributed by atoms with van der Waals surface area (Å²) in [6, 6.07) is 5.10. The molecule has 1 N–H and O–H groups in total. The second-order valence-electron chi connectivity index (χ2n) is 4.04. The van der Waals surface area contributed by atoms with Gasteiger partial charge in [-0.15, -0.1) is 0 Å². The van der Waals surface area contributed by atoms with E-state index in [9.17, 15) is 14.0 Å². The van der Waals surface area contributed by atoms with Crippen LogP contribution >= 0.6 is 0 Å². The predicted molar refractivity (Wildman–Crippen MR) is 64.6 cm³/mol. The number of aliphatic carboxylic acids is 1. The number of hydrogen-bond acceptors (Lipinski definition) is 2. The van der Waals surface area contributed by atoms with Gasteiger partial charge in [0.05, 0.1) is 6.42 Å². The Labute approximate surface area is 105 Å². The summed E-state index contributed by atoms with van der Waals surface area (Å²) in [4.78, 5) is 23.9. The summed E-state index contributed by atoms with van der Waals surface area (Å²) in [6.45, 7) is 1.69. The van der Waals surface area contributed by atoms with E-state index in [1.807, 2.05) is 0 Å². The maximum atomic E-state index is 13.4. The molecule has 1 atom stereocenters. The minimum Gasteiger partial charge on any atom is -0.480 e. The zero-order chi connectivity index (χ0) is 13.7. The zero-order valence-electron chi connectivity index (χ0n) is 10.4. The number of carboxylic acid groups (broad SMARTS) is 1. The molecule has 98 valence electrons. The molecule has 1 unspecified atom stereocenters. The first-order valence-electron chi connectivity index (χ1n) is 5.69. The molecule has 0 saturated carbocycles. The number of nitrogens with zero attached hydrogens (tertiary/aromatic N) is 1. The number of rotatable bonds is 5. The molecule has 1 aromatic carbocycles. The predicted octanol–water partition coefficient (Wildman–Crippen LogP) is 1.69. The second kappa shape index (κ2) is 6.14. The molecule has 1 amide bonds. The highest BCUT2D eigenvalue weighted by Gasteiger charge is 2.24. The first-order chi connectivity index (χ1) is 8.47. The van der Waals surface area contributed by atoms with Crippen LogP contribution in [0.25, 0.3) is 0 Å². The fourth-order valence-electron chi connectivity index (χ4n) is 1.72. The quantitative estimate of drug-likeness (QED) is 0.868. The SMILES string of the molecule is CCC(C(=O)O)N(C)C(=O)Cc1ccccc1F. The Bertz CT molecular complexity index is 448. The van der Waals surface area contributed by atoms with Gasteiger partial charge in [-0.2, -0.15) is 0 Å². The Balaban J connectivity index is 2.77. The molecular formula is C13H16FNO3. The van der Waals surface area contributed by atoms with Crippen LogP contribution in [0.4, 0.5) is 4.39 Å². The van der Waals surface area contributed by atoms with Crippen LogP contribution in [0.15, 0.2) is 24.3 Å². The molecule has 0 radical (unpaired) electrons. The summed E-state index contributed by atoms with van der Waals surface area (Å²) < 4.78 is 13.4. The van der Waals surface area contributed by atoms with Crippen LogP contribution in [0.5, 0.6) is 0 Å². The van der Waals surface area contributed by atoms with E-state index in [-0.39, 0.29) is 12.0 Å². The number of halogens is 1. The molecule has 0 aliphatic rings. The van der Waals surface area contributed by atoms with Crippen molar-refractivity contribution in [1.82, 2.24) is 4.90 Å². The third-order valence-corrected chi connectivity index (χ3v) is 2.83. The normalized spacial score (nSPS) is 11.9. The van der Waals surface area contributed by atoms with Gasteiger partial charge in [0.2, 0.25) is 5.91 Å². The number of amides is 1. The van der Waals surface area contributed by atoms with Gasteiger partial charge in [-0.3, -0.25) is 4.79 Å². The van der Waals surface area contributed by atoms with Gasteiger partial charge in [-0.25, -0.2) is 9.18 Å². The molecule has 5 heteroatoms. The Morgan fingerprint density at radius 2 is 2.00 bits per heavy atom. The van der Waals surface area contributed by atoms with Crippen molar-refractivity contribution < 1.29 is 19.1 Å². The van der Waals surface area contributed by atoms with E-state index in [4.69, 9.17) is 5.11 Å². The molecule has 18 heavy (non-hydrogen) atoms. The van der Waals surface area contributed by atoms with E-state index in [2.05, 4.69) is 0 Å². The summed E-state index contributed by atoms with van der Waals surface area (Å²) in [5, 5.41) is 8.95. The van der Waals surface area contributed by atoms with Gasteiger partial charge in [-0.1, -0.05) is 25.1 Å². The minimum atomic E-state index is -1.05. The van der Waals surface area contributed by atoms with Crippen LogP contribution in [0, 0.1) is 5.82 Å². The van der Waals surface area contributed by atoms with Crippen molar-refractivity contribution in [2.75, 3.05) is 7.05 Å². The molecule has 1 aromatic rings. The van der Waals surface area contributed by atoms with Crippen molar-refractivity contribution in [2.24, 2.45) is 0 Å². The van der Waals surface area contributed by atoms with E-state index in [0.717, 1.165) is 4.90 Å². The number of hydrogen-bond donors (Lipinski definition) is 1. The maximum Gasteiger partial charge on any atom is 0.326 e. The van der Waals surface area contributed by atoms with E-state index in [1.165, 1.54) is 19.2 Å². The molecule has 0 aliphatic carbocycles. The van der Waals surface area contributed by atoms with Crippen LogP contribution in [-0.2, 0) is 16.0 Å². The molecule has 0 aliphatic heterocycles. The fourth-order valence-corrected chi connectivity index (χ4v) is 1.72. The molecule has 0 fully saturated rings. The van der Waals surface area contributed by atoms with Gasteiger partial charge < -0.3 is 10.0 Å². The van der Waals surface area contributed by atoms with Crippen LogP contribution in [0.3, 0.4) is 0 Å². The van der Waals surface area contributed by atoms with Gasteiger partial charge in [-0.05, 0) is 18.1 Å². The Morgan fingerprint density at radius 1 is 1.39 bits per heavy atom. The molecule has 0 spiro atoms. The molecule has 4 nitrogen and oxygen atoms in total. The van der Waals surface area contributed by atoms with E-state index in [1.54, 1.807) is 19.1 Å². The summed E-state index contributed by atoms with van der Waals surface area (Å²) in [5.41, 5.74) is 0.273. The zero-order valence-corrected chi connectivity index (χ0v) is 10.4. The van der Waals surface area contributed by atoms with E-state index >= 15 is 0 Å². The first-order valence-corrected chi connectivity index (χ1v) is 5.69. The lowest BCUT2D eigenvalue weighted by Crippen LogP contribution is -2.42. The average molecular weight is 253 g/mol. The van der Waals surface area contributed by atoms with Gasteiger partial charge in [0, 0.05) is 7.05 Å². The standard InChI is InChI=1S/C13H16FNO3/c1-3-11(13(17)18)15(2)12(16)8-9-6-4-5-7-10(9)14/h4-7,11H,3,8H2,1-2H3,(H,17,18). The van der Waals surface area contributed by atoms with Gasteiger partial charge >= 0.3 is 5.97 Å². The molecule has 0 bridgehead atoms. The topological polar surface area (TPSA) is 57.6 Å². The van der Waals surface area contributed by atoms with Gasteiger partial charge in [0.1, 0.15) is 11.9 Å². The molecule has 1 rings (SSSR count). The highest BCUT2D eigenvalue weighted by Crippen LogP contribution is 2.10. The monoisotopic (exact) mass is 253 g/mol. The lowest BCUT2D eigenvalue weighted by Gasteiger charge is -2.23. The lowest BCUT2D eigenvalue weighted by atomic mass is 10.1. The van der Waals surface area contributed by atoms with Crippen molar-refractivity contribution in [1.29, 1.82) is 0 Å². The van der Waals surface area contributed by atoms with Gasteiger partial charge in [0.25, 0.3) is 0 Å². The van der Waals surface area contributed by atoms with Crippen LogP contribution in [0.1, 0.15) is 18.9 Å². The van der Waals surface area contributed by atoms with Crippen LogP contribution < -0.4 is 0 Å². The highest BCUT2D eigenvalue weighted by molar-refractivity contribution is 5.84. The van der Waals surface area contributed by atoms with Crippen molar-refractivity contribution in [3.63, 3.8) is 0 Å². The lowest BCUT2D eigenvalue weighted by molar-refractivity contribution is -0.148. The Hall–Kier alpha value is -1.91. The minimum absolute atomic E-state index is 0.132. The smallest absolute Gasteiger partial charge is 0.326 e. The van der Waals surface area contributed by atoms with Crippen LogP contribution in [0.2, 0.25) is 0 Å². The van der Waals surface area contributed by atoms with Crippen molar-refractivity contribution in [2.45, 2.75) is 25.8 Å². The van der Waals surface area contributed by atoms with Crippen molar-refractivity contribution >= 4 is 11.9 Å². The number of carboxylic acids is 1. The Morgan fingerprint density at radius 3 is 2.50 bits per heavy atom. The van der Waals surface area contributed by atoms with Crippen molar-refractivity contribution in [3.05, 3.63) is 35.6 Å². The third-order valence-electron chi connectivity index (χ3n) is 2.83. The van der Waals surface area contributed by atoms with E-state index < -0.39 is 23.7 Å². The second-order valence-corrected chi connectivity index (χ2v) is 4.04.